The van der Waals surface area contributed by atoms with E-state index >= 15 is 0 Å². The highest BCUT2D eigenvalue weighted by Gasteiger charge is 2.19. The van der Waals surface area contributed by atoms with E-state index in [1.807, 2.05) is 31.3 Å². The lowest BCUT2D eigenvalue weighted by Crippen LogP contribution is -2.26. The Kier molecular flexibility index (Phi) is 6.80. The number of likely N-dealkylation sites (N-methyl/N-ethyl adjacent to an activating group) is 1. The number of ether oxygens (including phenoxy) is 2. The lowest BCUT2D eigenvalue weighted by Gasteiger charge is -2.25. The fraction of sp³-hybridized carbons (Fsp3) is 0.600. The predicted octanol–water partition coefficient (Wildman–Crippen LogP) is 3.43. The van der Waals surface area contributed by atoms with Gasteiger partial charge in [-0.25, -0.2) is 0 Å². The Labute approximate surface area is 121 Å². The maximum atomic E-state index is 6.22. The van der Waals surface area contributed by atoms with Gasteiger partial charge in [0.05, 0.1) is 18.3 Å². The van der Waals surface area contributed by atoms with E-state index in [0.29, 0.717) is 6.61 Å². The maximum Gasteiger partial charge on any atom is 0.0963 e. The van der Waals surface area contributed by atoms with Crippen LogP contribution in [0, 0.1) is 0 Å². The largest absolute Gasteiger partial charge is 0.379 e. The van der Waals surface area contributed by atoms with Crippen LogP contribution in [0.3, 0.4) is 0 Å². The van der Waals surface area contributed by atoms with E-state index in [-0.39, 0.29) is 11.7 Å². The number of rotatable bonds is 8. The van der Waals surface area contributed by atoms with E-state index in [4.69, 9.17) is 21.1 Å². The van der Waals surface area contributed by atoms with Crippen LogP contribution in [0.25, 0.3) is 0 Å². The van der Waals surface area contributed by atoms with E-state index in [2.05, 4.69) is 19.2 Å². The van der Waals surface area contributed by atoms with Crippen LogP contribution < -0.4 is 5.32 Å². The standard InChI is InChI=1S/C15H24ClNO2/c1-15(2,18-4)9-10-19-14(11-17-3)12-7-5-6-8-13(12)16/h5-8,14,17H,9-11H2,1-4H3. The van der Waals surface area contributed by atoms with Crippen molar-refractivity contribution in [1.29, 1.82) is 0 Å². The molecule has 108 valence electrons. The fourth-order valence-corrected chi connectivity index (χ4v) is 1.99. The Morgan fingerprint density at radius 3 is 2.58 bits per heavy atom. The van der Waals surface area contributed by atoms with Gasteiger partial charge in [0, 0.05) is 24.2 Å². The summed E-state index contributed by atoms with van der Waals surface area (Å²) in [6.45, 7) is 5.48. The molecule has 0 aliphatic carbocycles. The normalized spacial score (nSPS) is 13.5. The van der Waals surface area contributed by atoms with Gasteiger partial charge in [-0.3, -0.25) is 0 Å². The molecule has 1 N–H and O–H groups in total. The molecule has 0 saturated carbocycles. The van der Waals surface area contributed by atoms with Crippen molar-refractivity contribution >= 4 is 11.6 Å². The average molecular weight is 286 g/mol. The van der Waals surface area contributed by atoms with Gasteiger partial charge in [0.2, 0.25) is 0 Å². The van der Waals surface area contributed by atoms with Gasteiger partial charge < -0.3 is 14.8 Å². The Bertz CT molecular complexity index is 382. The van der Waals surface area contributed by atoms with Gasteiger partial charge in [0.15, 0.2) is 0 Å². The highest BCUT2D eigenvalue weighted by molar-refractivity contribution is 6.31. The molecule has 0 radical (unpaired) electrons. The Morgan fingerprint density at radius 1 is 1.32 bits per heavy atom. The Morgan fingerprint density at radius 2 is 2.00 bits per heavy atom. The number of hydrogen-bond donors (Lipinski definition) is 1. The average Bonchev–Trinajstić information content (AvgIpc) is 2.38. The van der Waals surface area contributed by atoms with Crippen LogP contribution in [0.4, 0.5) is 0 Å². The van der Waals surface area contributed by atoms with Crippen LogP contribution in [-0.2, 0) is 9.47 Å². The van der Waals surface area contributed by atoms with Crippen LogP contribution >= 0.6 is 11.6 Å². The molecule has 0 bridgehead atoms. The molecule has 0 spiro atoms. The Hall–Kier alpha value is -0.610. The highest BCUT2D eigenvalue weighted by Crippen LogP contribution is 2.26. The minimum Gasteiger partial charge on any atom is -0.379 e. The van der Waals surface area contributed by atoms with Crippen molar-refractivity contribution < 1.29 is 9.47 Å². The van der Waals surface area contributed by atoms with Gasteiger partial charge in [0.25, 0.3) is 0 Å². The van der Waals surface area contributed by atoms with Crippen molar-refractivity contribution in [2.24, 2.45) is 0 Å². The molecule has 0 aliphatic rings. The zero-order chi connectivity index (χ0) is 14.3. The quantitative estimate of drug-likeness (QED) is 0.794. The smallest absolute Gasteiger partial charge is 0.0963 e. The Balaban J connectivity index is 2.62. The number of benzene rings is 1. The predicted molar refractivity (Wildman–Crippen MR) is 79.8 cm³/mol. The third-order valence-corrected chi connectivity index (χ3v) is 3.56. The van der Waals surface area contributed by atoms with Crippen molar-refractivity contribution in [3.8, 4) is 0 Å². The van der Waals surface area contributed by atoms with Crippen molar-refractivity contribution in [2.45, 2.75) is 32.0 Å². The first-order chi connectivity index (χ1) is 9.00. The zero-order valence-electron chi connectivity index (χ0n) is 12.2. The topological polar surface area (TPSA) is 30.5 Å². The molecule has 1 atom stereocenters. The second-order valence-electron chi connectivity index (χ2n) is 5.15. The van der Waals surface area contributed by atoms with Crippen LogP contribution in [0.5, 0.6) is 0 Å². The third-order valence-electron chi connectivity index (χ3n) is 3.22. The van der Waals surface area contributed by atoms with Crippen molar-refractivity contribution in [1.82, 2.24) is 5.32 Å². The molecular weight excluding hydrogens is 262 g/mol. The number of halogens is 1. The number of methoxy groups -OCH3 is 1. The van der Waals surface area contributed by atoms with E-state index in [1.165, 1.54) is 0 Å². The first-order valence-electron chi connectivity index (χ1n) is 6.56. The summed E-state index contributed by atoms with van der Waals surface area (Å²) in [7, 11) is 3.63. The van der Waals surface area contributed by atoms with Gasteiger partial charge in [-0.15, -0.1) is 0 Å². The van der Waals surface area contributed by atoms with Crippen molar-refractivity contribution in [2.75, 3.05) is 27.3 Å². The summed E-state index contributed by atoms with van der Waals surface area (Å²) in [5, 5.41) is 3.88. The van der Waals surface area contributed by atoms with Crippen LogP contribution in [0.2, 0.25) is 5.02 Å². The van der Waals surface area contributed by atoms with Gasteiger partial charge in [-0.05, 0) is 33.4 Å². The van der Waals surface area contributed by atoms with Crippen molar-refractivity contribution in [3.05, 3.63) is 34.9 Å². The molecule has 0 saturated heterocycles. The zero-order valence-corrected chi connectivity index (χ0v) is 13.0. The molecule has 1 aromatic rings. The van der Waals surface area contributed by atoms with Gasteiger partial charge in [-0.2, -0.15) is 0 Å². The van der Waals surface area contributed by atoms with E-state index in [9.17, 15) is 0 Å². The first kappa shape index (κ1) is 16.4. The van der Waals surface area contributed by atoms with Gasteiger partial charge in [-0.1, -0.05) is 29.8 Å². The van der Waals surface area contributed by atoms with Crippen LogP contribution in [0.15, 0.2) is 24.3 Å². The minimum absolute atomic E-state index is 0.0358. The van der Waals surface area contributed by atoms with Crippen LogP contribution in [-0.4, -0.2) is 32.9 Å². The van der Waals surface area contributed by atoms with Crippen LogP contribution in [0.1, 0.15) is 31.9 Å². The monoisotopic (exact) mass is 285 g/mol. The highest BCUT2D eigenvalue weighted by atomic mass is 35.5. The van der Waals surface area contributed by atoms with Crippen molar-refractivity contribution in [3.63, 3.8) is 0 Å². The third kappa shape index (κ3) is 5.49. The minimum atomic E-state index is -0.162. The first-order valence-corrected chi connectivity index (χ1v) is 6.94. The molecule has 19 heavy (non-hydrogen) atoms. The summed E-state index contributed by atoms with van der Waals surface area (Å²) in [4.78, 5) is 0. The molecule has 1 unspecified atom stereocenters. The lowest BCUT2D eigenvalue weighted by molar-refractivity contribution is -0.0268. The molecule has 4 heteroatoms. The van der Waals surface area contributed by atoms with Gasteiger partial charge >= 0.3 is 0 Å². The molecule has 0 fully saturated rings. The number of hydrogen-bond acceptors (Lipinski definition) is 3. The summed E-state index contributed by atoms with van der Waals surface area (Å²) in [5.41, 5.74) is 0.860. The van der Waals surface area contributed by atoms with E-state index < -0.39 is 0 Å². The molecule has 1 aromatic carbocycles. The SMILES string of the molecule is CNCC(OCCC(C)(C)OC)c1ccccc1Cl. The summed E-state index contributed by atoms with van der Waals surface area (Å²) < 4.78 is 11.3. The van der Waals surface area contributed by atoms with Gasteiger partial charge in [0.1, 0.15) is 0 Å². The summed E-state index contributed by atoms with van der Waals surface area (Å²) in [6, 6.07) is 7.80. The number of nitrogens with one attached hydrogen (secondary N) is 1. The summed E-state index contributed by atoms with van der Waals surface area (Å²) >= 11 is 6.22. The molecule has 3 nitrogen and oxygen atoms in total. The molecule has 0 aliphatic heterocycles. The van der Waals surface area contributed by atoms with E-state index in [0.717, 1.165) is 23.6 Å². The molecule has 0 aromatic heterocycles. The second kappa shape index (κ2) is 7.85. The molecule has 0 amide bonds. The lowest BCUT2D eigenvalue weighted by atomic mass is 10.1. The summed E-state index contributed by atoms with van der Waals surface area (Å²) in [5.74, 6) is 0. The van der Waals surface area contributed by atoms with E-state index in [1.54, 1.807) is 7.11 Å². The molecular formula is C15H24ClNO2. The summed E-state index contributed by atoms with van der Waals surface area (Å²) in [6.07, 6.45) is 0.806. The molecule has 1 rings (SSSR count). The second-order valence-corrected chi connectivity index (χ2v) is 5.56. The molecule has 0 heterocycles. The maximum absolute atomic E-state index is 6.22. The fourth-order valence-electron chi connectivity index (χ4n) is 1.73.